The maximum absolute atomic E-state index is 11.8. The van der Waals surface area contributed by atoms with Gasteiger partial charge >= 0.3 is 5.69 Å². The second-order valence-corrected chi connectivity index (χ2v) is 4.02. The maximum atomic E-state index is 11.8. The van der Waals surface area contributed by atoms with Gasteiger partial charge in [0.2, 0.25) is 0 Å². The second-order valence-electron chi connectivity index (χ2n) is 4.02. The van der Waals surface area contributed by atoms with Crippen molar-refractivity contribution in [2.75, 3.05) is 13.1 Å². The summed E-state index contributed by atoms with van der Waals surface area (Å²) < 4.78 is 3.60. The Bertz CT molecular complexity index is 371. The molecule has 0 radical (unpaired) electrons. The van der Waals surface area contributed by atoms with Crippen molar-refractivity contribution in [3.8, 4) is 0 Å². The van der Waals surface area contributed by atoms with Crippen LogP contribution in [-0.4, -0.2) is 22.2 Å². The van der Waals surface area contributed by atoms with Crippen LogP contribution < -0.4 is 11.0 Å². The van der Waals surface area contributed by atoms with E-state index in [0.717, 1.165) is 31.6 Å². The maximum Gasteiger partial charge on any atom is 0.328 e. The van der Waals surface area contributed by atoms with Crippen molar-refractivity contribution in [3.05, 3.63) is 22.4 Å². The van der Waals surface area contributed by atoms with Crippen LogP contribution in [0.2, 0.25) is 0 Å². The molecule has 2 rings (SSSR count). The van der Waals surface area contributed by atoms with Crippen LogP contribution >= 0.6 is 0 Å². The molecule has 4 heteroatoms. The summed E-state index contributed by atoms with van der Waals surface area (Å²) in [6.07, 6.45) is 4.03. The Labute approximate surface area is 83.5 Å². The molecule has 0 unspecified atom stereocenters. The Morgan fingerprint density at radius 3 is 2.57 bits per heavy atom. The van der Waals surface area contributed by atoms with Crippen LogP contribution in [0.15, 0.2) is 11.0 Å². The molecule has 4 nitrogen and oxygen atoms in total. The molecule has 1 aromatic rings. The third-order valence-corrected chi connectivity index (χ3v) is 2.94. The molecule has 1 aliphatic rings. The monoisotopic (exact) mass is 195 g/mol. The quantitative estimate of drug-likeness (QED) is 0.705. The zero-order valence-electron chi connectivity index (χ0n) is 8.79. The first-order valence-electron chi connectivity index (χ1n) is 5.15. The number of nitrogens with zero attached hydrogens (tertiary/aromatic N) is 2. The average Bonchev–Trinajstić information content (AvgIpc) is 2.43. The van der Waals surface area contributed by atoms with Gasteiger partial charge in [0, 0.05) is 25.0 Å². The molecule has 1 saturated heterocycles. The number of aromatic nitrogens is 2. The van der Waals surface area contributed by atoms with E-state index in [1.165, 1.54) is 0 Å². The van der Waals surface area contributed by atoms with Crippen molar-refractivity contribution in [1.29, 1.82) is 0 Å². The van der Waals surface area contributed by atoms with E-state index >= 15 is 0 Å². The molecule has 1 N–H and O–H groups in total. The predicted molar refractivity (Wildman–Crippen MR) is 55.6 cm³/mol. The number of imidazole rings is 1. The summed E-state index contributed by atoms with van der Waals surface area (Å²) >= 11 is 0. The van der Waals surface area contributed by atoms with Gasteiger partial charge in [0.05, 0.1) is 0 Å². The fraction of sp³-hybridized carbons (Fsp3) is 0.700. The summed E-state index contributed by atoms with van der Waals surface area (Å²) in [5.74, 6) is 0. The van der Waals surface area contributed by atoms with Crippen LogP contribution in [0.5, 0.6) is 0 Å². The minimum atomic E-state index is 0.120. The van der Waals surface area contributed by atoms with Crippen molar-refractivity contribution < 1.29 is 0 Å². The molecule has 0 bridgehead atoms. The van der Waals surface area contributed by atoms with Crippen molar-refractivity contribution >= 4 is 0 Å². The lowest BCUT2D eigenvalue weighted by atomic mass is 10.1. The molecule has 0 aliphatic carbocycles. The van der Waals surface area contributed by atoms with Crippen LogP contribution in [0, 0.1) is 6.92 Å². The van der Waals surface area contributed by atoms with Crippen LogP contribution in [0.1, 0.15) is 24.6 Å². The van der Waals surface area contributed by atoms with Crippen molar-refractivity contribution in [1.82, 2.24) is 14.5 Å². The first-order chi connectivity index (χ1) is 6.70. The summed E-state index contributed by atoms with van der Waals surface area (Å²) in [5.41, 5.74) is 1.19. The lowest BCUT2D eigenvalue weighted by Gasteiger charge is -2.24. The second kappa shape index (κ2) is 3.61. The van der Waals surface area contributed by atoms with Gasteiger partial charge in [-0.25, -0.2) is 4.79 Å². The summed E-state index contributed by atoms with van der Waals surface area (Å²) in [4.78, 5) is 11.8. The number of nitrogens with one attached hydrogen (secondary N) is 1. The molecule has 0 saturated carbocycles. The fourth-order valence-corrected chi connectivity index (χ4v) is 2.23. The van der Waals surface area contributed by atoms with Gasteiger partial charge in [-0.1, -0.05) is 0 Å². The molecule has 1 aromatic heterocycles. The Kier molecular flexibility index (Phi) is 2.46. The first kappa shape index (κ1) is 9.52. The van der Waals surface area contributed by atoms with Gasteiger partial charge in [-0.2, -0.15) is 0 Å². The van der Waals surface area contributed by atoms with Gasteiger partial charge in [0.1, 0.15) is 0 Å². The van der Waals surface area contributed by atoms with E-state index in [2.05, 4.69) is 5.32 Å². The van der Waals surface area contributed by atoms with E-state index in [0.29, 0.717) is 6.04 Å². The molecule has 0 amide bonds. The van der Waals surface area contributed by atoms with E-state index in [4.69, 9.17) is 0 Å². The van der Waals surface area contributed by atoms with Gasteiger partial charge < -0.3 is 9.88 Å². The number of piperidine rings is 1. The highest BCUT2D eigenvalue weighted by Gasteiger charge is 2.18. The van der Waals surface area contributed by atoms with Gasteiger partial charge in [-0.05, 0) is 32.9 Å². The van der Waals surface area contributed by atoms with Crippen LogP contribution in [-0.2, 0) is 7.05 Å². The SMILES string of the molecule is Cc1cn(C)c(=O)n1C1CCNCC1. The topological polar surface area (TPSA) is 39.0 Å². The first-order valence-corrected chi connectivity index (χ1v) is 5.15. The predicted octanol–water partition coefficient (Wildman–Crippen LogP) is 0.420. The zero-order chi connectivity index (χ0) is 10.1. The van der Waals surface area contributed by atoms with E-state index < -0.39 is 0 Å². The van der Waals surface area contributed by atoms with Gasteiger partial charge in [0.15, 0.2) is 0 Å². The minimum absolute atomic E-state index is 0.120. The van der Waals surface area contributed by atoms with Gasteiger partial charge in [-0.3, -0.25) is 4.57 Å². The number of hydrogen-bond acceptors (Lipinski definition) is 2. The third-order valence-electron chi connectivity index (χ3n) is 2.94. The summed E-state index contributed by atoms with van der Waals surface area (Å²) in [6, 6.07) is 0.393. The van der Waals surface area contributed by atoms with Crippen LogP contribution in [0.3, 0.4) is 0 Å². The zero-order valence-corrected chi connectivity index (χ0v) is 8.79. The lowest BCUT2D eigenvalue weighted by Crippen LogP contribution is -2.34. The van der Waals surface area contributed by atoms with E-state index in [-0.39, 0.29) is 5.69 Å². The summed E-state index contributed by atoms with van der Waals surface area (Å²) in [6.45, 7) is 4.04. The smallest absolute Gasteiger partial charge is 0.317 e. The Morgan fingerprint density at radius 1 is 1.43 bits per heavy atom. The molecule has 78 valence electrons. The Hall–Kier alpha value is -1.03. The summed E-state index contributed by atoms with van der Waals surface area (Å²) in [5, 5.41) is 3.31. The number of rotatable bonds is 1. The molecule has 0 aromatic carbocycles. The summed E-state index contributed by atoms with van der Waals surface area (Å²) in [7, 11) is 1.81. The van der Waals surface area contributed by atoms with Crippen molar-refractivity contribution in [2.45, 2.75) is 25.8 Å². The third kappa shape index (κ3) is 1.50. The Morgan fingerprint density at radius 2 is 2.07 bits per heavy atom. The van der Waals surface area contributed by atoms with Gasteiger partial charge in [0.25, 0.3) is 0 Å². The molecule has 1 fully saturated rings. The molecule has 1 aliphatic heterocycles. The molecule has 0 spiro atoms. The fourth-order valence-electron chi connectivity index (χ4n) is 2.23. The van der Waals surface area contributed by atoms with Crippen molar-refractivity contribution in [3.63, 3.8) is 0 Å². The number of aryl methyl sites for hydroxylation is 2. The highest BCUT2D eigenvalue weighted by Crippen LogP contribution is 2.17. The standard InChI is InChI=1S/C10H17N3O/c1-8-7-12(2)10(14)13(8)9-3-5-11-6-4-9/h7,9,11H,3-6H2,1-2H3. The molecular formula is C10H17N3O. The molecule has 0 atom stereocenters. The molecule has 14 heavy (non-hydrogen) atoms. The highest BCUT2D eigenvalue weighted by atomic mass is 16.1. The number of hydrogen-bond donors (Lipinski definition) is 1. The van der Waals surface area contributed by atoms with E-state index in [1.54, 1.807) is 4.57 Å². The minimum Gasteiger partial charge on any atom is -0.317 e. The Balaban J connectivity index is 2.34. The van der Waals surface area contributed by atoms with Crippen LogP contribution in [0.4, 0.5) is 0 Å². The van der Waals surface area contributed by atoms with Crippen LogP contribution in [0.25, 0.3) is 0 Å². The molecular weight excluding hydrogens is 178 g/mol. The van der Waals surface area contributed by atoms with Crippen molar-refractivity contribution in [2.24, 2.45) is 7.05 Å². The largest absolute Gasteiger partial charge is 0.328 e. The highest BCUT2D eigenvalue weighted by molar-refractivity contribution is 5.00. The average molecular weight is 195 g/mol. The van der Waals surface area contributed by atoms with E-state index in [9.17, 15) is 4.79 Å². The molecule has 2 heterocycles. The lowest BCUT2D eigenvalue weighted by molar-refractivity contribution is 0.355. The normalized spacial score (nSPS) is 18.7. The van der Waals surface area contributed by atoms with Gasteiger partial charge in [-0.15, -0.1) is 0 Å². The van der Waals surface area contributed by atoms with E-state index in [1.807, 2.05) is 24.7 Å².